The van der Waals surface area contributed by atoms with Crippen molar-refractivity contribution in [2.75, 3.05) is 18.5 Å². The first-order valence-electron chi connectivity index (χ1n) is 6.50. The second kappa shape index (κ2) is 5.21. The molecular weight excluding hydrogens is 246 g/mol. The highest BCUT2D eigenvalue weighted by Crippen LogP contribution is 2.31. The van der Waals surface area contributed by atoms with Gasteiger partial charge in [0.15, 0.2) is 0 Å². The summed E-state index contributed by atoms with van der Waals surface area (Å²) in [5, 5.41) is 7.09. The molecule has 19 heavy (non-hydrogen) atoms. The van der Waals surface area contributed by atoms with Gasteiger partial charge in [0, 0.05) is 0 Å². The standard InChI is InChI=1S/C13H21N3O3/c1-9(2)13(3,4)16-5-11(14-8-17)12(15-16)19-10-6-18-7-10/h5,8-10H,6-7H2,1-4H3,(H,14,17). The van der Waals surface area contributed by atoms with Gasteiger partial charge in [-0.3, -0.25) is 9.48 Å². The molecule has 1 aliphatic rings. The molecule has 1 N–H and O–H groups in total. The molecule has 6 heteroatoms. The first-order chi connectivity index (χ1) is 8.95. The SMILES string of the molecule is CC(C)C(C)(C)n1cc(NC=O)c(OC2COC2)n1. The van der Waals surface area contributed by atoms with Crippen molar-refractivity contribution in [2.24, 2.45) is 5.92 Å². The minimum Gasteiger partial charge on any atom is -0.467 e. The molecule has 0 saturated carbocycles. The van der Waals surface area contributed by atoms with Crippen LogP contribution in [0, 0.1) is 5.92 Å². The summed E-state index contributed by atoms with van der Waals surface area (Å²) in [4.78, 5) is 10.7. The van der Waals surface area contributed by atoms with Crippen LogP contribution in [-0.4, -0.2) is 35.5 Å². The number of nitrogens with zero attached hydrogens (tertiary/aromatic N) is 2. The van der Waals surface area contributed by atoms with Crippen molar-refractivity contribution in [1.29, 1.82) is 0 Å². The van der Waals surface area contributed by atoms with Crippen LogP contribution < -0.4 is 10.1 Å². The first kappa shape index (κ1) is 13.9. The van der Waals surface area contributed by atoms with E-state index in [4.69, 9.17) is 9.47 Å². The maximum absolute atomic E-state index is 10.7. The number of carbonyl (C=O) groups is 1. The summed E-state index contributed by atoms with van der Waals surface area (Å²) in [6, 6.07) is 0. The third-order valence-corrected chi connectivity index (χ3v) is 3.78. The summed E-state index contributed by atoms with van der Waals surface area (Å²) in [7, 11) is 0. The Balaban J connectivity index is 2.25. The molecule has 0 bridgehead atoms. The van der Waals surface area contributed by atoms with E-state index in [-0.39, 0.29) is 11.6 Å². The van der Waals surface area contributed by atoms with Crippen LogP contribution in [0.4, 0.5) is 5.69 Å². The van der Waals surface area contributed by atoms with Crippen molar-refractivity contribution in [3.63, 3.8) is 0 Å². The van der Waals surface area contributed by atoms with Crippen LogP contribution >= 0.6 is 0 Å². The van der Waals surface area contributed by atoms with Gasteiger partial charge in [0.05, 0.1) is 24.9 Å². The van der Waals surface area contributed by atoms with Crippen LogP contribution in [0.15, 0.2) is 6.20 Å². The van der Waals surface area contributed by atoms with Gasteiger partial charge in [-0.05, 0) is 19.8 Å². The van der Waals surface area contributed by atoms with Gasteiger partial charge in [0.25, 0.3) is 5.88 Å². The Morgan fingerprint density at radius 2 is 2.26 bits per heavy atom. The summed E-state index contributed by atoms with van der Waals surface area (Å²) in [5.74, 6) is 0.852. The molecule has 1 amide bonds. The minimum atomic E-state index is -0.156. The zero-order valence-corrected chi connectivity index (χ0v) is 11.8. The normalized spacial score (nSPS) is 16.3. The Labute approximate surface area is 113 Å². The van der Waals surface area contributed by atoms with E-state index in [0.717, 1.165) is 0 Å². The van der Waals surface area contributed by atoms with Crippen molar-refractivity contribution in [2.45, 2.75) is 39.3 Å². The third-order valence-electron chi connectivity index (χ3n) is 3.78. The highest BCUT2D eigenvalue weighted by atomic mass is 16.6. The Kier molecular flexibility index (Phi) is 3.80. The van der Waals surface area contributed by atoms with Crippen molar-refractivity contribution in [3.05, 3.63) is 6.20 Å². The zero-order valence-electron chi connectivity index (χ0n) is 11.8. The van der Waals surface area contributed by atoms with Crippen molar-refractivity contribution in [3.8, 4) is 5.88 Å². The lowest BCUT2D eigenvalue weighted by Gasteiger charge is -2.29. The minimum absolute atomic E-state index is 0.0257. The van der Waals surface area contributed by atoms with Crippen molar-refractivity contribution in [1.82, 2.24) is 9.78 Å². The molecule has 6 nitrogen and oxygen atoms in total. The van der Waals surface area contributed by atoms with Crippen molar-refractivity contribution >= 4 is 12.1 Å². The molecule has 1 aromatic heterocycles. The molecule has 1 saturated heterocycles. The van der Waals surface area contributed by atoms with Crippen LogP contribution in [0.2, 0.25) is 0 Å². The molecule has 0 radical (unpaired) electrons. The van der Waals surface area contributed by atoms with E-state index >= 15 is 0 Å². The predicted molar refractivity (Wildman–Crippen MR) is 71.3 cm³/mol. The van der Waals surface area contributed by atoms with E-state index in [2.05, 4.69) is 38.1 Å². The molecule has 2 rings (SSSR count). The van der Waals surface area contributed by atoms with Gasteiger partial charge in [0.2, 0.25) is 6.41 Å². The van der Waals surface area contributed by atoms with Gasteiger partial charge in [0.1, 0.15) is 11.8 Å². The number of nitrogens with one attached hydrogen (secondary N) is 1. The quantitative estimate of drug-likeness (QED) is 0.795. The fourth-order valence-corrected chi connectivity index (χ4v) is 1.61. The third kappa shape index (κ3) is 2.73. The van der Waals surface area contributed by atoms with E-state index in [0.29, 0.717) is 37.1 Å². The Hall–Kier alpha value is -1.56. The topological polar surface area (TPSA) is 65.4 Å². The monoisotopic (exact) mass is 267 g/mol. The predicted octanol–water partition coefficient (Wildman–Crippen LogP) is 1.62. The number of ether oxygens (including phenoxy) is 2. The highest BCUT2D eigenvalue weighted by molar-refractivity contribution is 5.73. The second-order valence-electron chi connectivity index (χ2n) is 5.64. The molecule has 0 aliphatic carbocycles. The molecular formula is C13H21N3O3. The number of carbonyl (C=O) groups excluding carboxylic acids is 1. The van der Waals surface area contributed by atoms with Crippen LogP contribution in [0.25, 0.3) is 0 Å². The van der Waals surface area contributed by atoms with E-state index in [1.54, 1.807) is 0 Å². The molecule has 106 valence electrons. The lowest BCUT2D eigenvalue weighted by atomic mass is 9.91. The summed E-state index contributed by atoms with van der Waals surface area (Å²) in [6.45, 7) is 9.61. The maximum atomic E-state index is 10.7. The summed E-state index contributed by atoms with van der Waals surface area (Å²) >= 11 is 0. The number of aromatic nitrogens is 2. The zero-order chi connectivity index (χ0) is 14.0. The lowest BCUT2D eigenvalue weighted by Crippen LogP contribution is -2.39. The van der Waals surface area contributed by atoms with E-state index in [9.17, 15) is 4.79 Å². The largest absolute Gasteiger partial charge is 0.467 e. The van der Waals surface area contributed by atoms with Gasteiger partial charge < -0.3 is 14.8 Å². The van der Waals surface area contributed by atoms with Gasteiger partial charge >= 0.3 is 0 Å². The molecule has 0 atom stereocenters. The highest BCUT2D eigenvalue weighted by Gasteiger charge is 2.29. The molecule has 1 aliphatic heterocycles. The van der Waals surface area contributed by atoms with Crippen LogP contribution in [0.3, 0.4) is 0 Å². The maximum Gasteiger partial charge on any atom is 0.257 e. The molecule has 2 heterocycles. The van der Waals surface area contributed by atoms with E-state index in [1.165, 1.54) is 0 Å². The molecule has 0 aromatic carbocycles. The fraction of sp³-hybridized carbons (Fsp3) is 0.692. The van der Waals surface area contributed by atoms with Crippen molar-refractivity contribution < 1.29 is 14.3 Å². The molecule has 0 spiro atoms. The summed E-state index contributed by atoms with van der Waals surface area (Å²) in [6.07, 6.45) is 2.47. The van der Waals surface area contributed by atoms with Crippen LogP contribution in [-0.2, 0) is 15.1 Å². The van der Waals surface area contributed by atoms with Crippen LogP contribution in [0.1, 0.15) is 27.7 Å². The number of hydrogen-bond acceptors (Lipinski definition) is 4. The molecule has 0 unspecified atom stereocenters. The van der Waals surface area contributed by atoms with Gasteiger partial charge in [-0.1, -0.05) is 13.8 Å². The number of amides is 1. The molecule has 1 fully saturated rings. The first-order valence-corrected chi connectivity index (χ1v) is 6.50. The Morgan fingerprint density at radius 1 is 1.58 bits per heavy atom. The van der Waals surface area contributed by atoms with Gasteiger partial charge in [-0.15, -0.1) is 5.10 Å². The van der Waals surface area contributed by atoms with Gasteiger partial charge in [-0.2, -0.15) is 0 Å². The Morgan fingerprint density at radius 3 is 2.74 bits per heavy atom. The number of hydrogen-bond donors (Lipinski definition) is 1. The number of rotatable bonds is 6. The van der Waals surface area contributed by atoms with Crippen LogP contribution in [0.5, 0.6) is 5.88 Å². The van der Waals surface area contributed by atoms with E-state index in [1.807, 2.05) is 10.9 Å². The second-order valence-corrected chi connectivity index (χ2v) is 5.64. The lowest BCUT2D eigenvalue weighted by molar-refractivity contribution is -0.105. The van der Waals surface area contributed by atoms with Gasteiger partial charge in [-0.25, -0.2) is 0 Å². The number of anilines is 1. The average Bonchev–Trinajstić information content (AvgIpc) is 2.68. The smallest absolute Gasteiger partial charge is 0.257 e. The summed E-state index contributed by atoms with van der Waals surface area (Å²) in [5.41, 5.74) is 0.437. The average molecular weight is 267 g/mol. The fourth-order valence-electron chi connectivity index (χ4n) is 1.61. The molecule has 1 aromatic rings. The Bertz CT molecular complexity index is 450. The summed E-state index contributed by atoms with van der Waals surface area (Å²) < 4.78 is 12.6. The van der Waals surface area contributed by atoms with E-state index < -0.39 is 0 Å².